The van der Waals surface area contributed by atoms with Gasteiger partial charge in [-0.1, -0.05) is 12.1 Å². The number of nitro benzene ring substituents is 1. The fraction of sp³-hybridized carbons (Fsp3) is 0.571. The predicted molar refractivity (Wildman–Crippen MR) is 79.9 cm³/mol. The Hall–Kier alpha value is -1.02. The van der Waals surface area contributed by atoms with Crippen LogP contribution in [0.3, 0.4) is 0 Å². The molecule has 2 fully saturated rings. The highest BCUT2D eigenvalue weighted by Gasteiger charge is 2.39. The van der Waals surface area contributed by atoms with E-state index in [0.717, 1.165) is 31.5 Å². The molecule has 0 bridgehead atoms. The van der Waals surface area contributed by atoms with Crippen LogP contribution in [0, 0.1) is 10.1 Å². The molecule has 0 saturated carbocycles. The van der Waals surface area contributed by atoms with Crippen molar-refractivity contribution in [3.05, 3.63) is 38.3 Å². The zero-order chi connectivity index (χ0) is 14.9. The summed E-state index contributed by atoms with van der Waals surface area (Å²) in [6.45, 7) is 3.79. The zero-order valence-electron chi connectivity index (χ0n) is 11.6. The Morgan fingerprint density at radius 3 is 2.57 bits per heavy atom. The summed E-state index contributed by atoms with van der Waals surface area (Å²) in [6.07, 6.45) is 1.69. The minimum absolute atomic E-state index is 0.114. The summed E-state index contributed by atoms with van der Waals surface area (Å²) in [4.78, 5) is 12.9. The minimum atomic E-state index is -0.379. The van der Waals surface area contributed by atoms with Crippen LogP contribution in [0.15, 0.2) is 22.7 Å². The summed E-state index contributed by atoms with van der Waals surface area (Å²) >= 11 is 3.35. The van der Waals surface area contributed by atoms with Crippen LogP contribution in [0.25, 0.3) is 0 Å². The van der Waals surface area contributed by atoms with Crippen molar-refractivity contribution < 1.29 is 14.4 Å². The predicted octanol–water partition coefficient (Wildman–Crippen LogP) is 2.70. The molecule has 21 heavy (non-hydrogen) atoms. The second-order valence-corrected chi connectivity index (χ2v) is 6.18. The quantitative estimate of drug-likeness (QED) is 0.615. The molecule has 1 spiro atoms. The zero-order valence-corrected chi connectivity index (χ0v) is 13.2. The van der Waals surface area contributed by atoms with E-state index in [9.17, 15) is 10.1 Å². The molecule has 2 aliphatic heterocycles. The van der Waals surface area contributed by atoms with E-state index in [1.54, 1.807) is 6.07 Å². The summed E-state index contributed by atoms with van der Waals surface area (Å²) in [5.41, 5.74) is 1.05. The monoisotopic (exact) mass is 356 g/mol. The third-order valence-corrected chi connectivity index (χ3v) is 5.00. The molecule has 0 aliphatic carbocycles. The van der Waals surface area contributed by atoms with Gasteiger partial charge in [-0.2, -0.15) is 0 Å². The fourth-order valence-corrected chi connectivity index (χ4v) is 3.44. The molecule has 0 amide bonds. The maximum atomic E-state index is 11.0. The Labute approximate surface area is 131 Å². The van der Waals surface area contributed by atoms with Crippen molar-refractivity contribution >= 4 is 21.6 Å². The van der Waals surface area contributed by atoms with Gasteiger partial charge < -0.3 is 9.47 Å². The van der Waals surface area contributed by atoms with Gasteiger partial charge in [-0.15, -0.1) is 0 Å². The molecule has 1 aromatic rings. The summed E-state index contributed by atoms with van der Waals surface area (Å²) in [5.74, 6) is -0.379. The lowest BCUT2D eigenvalue weighted by atomic mass is 10.0. The molecular formula is C14H17BrN2O4. The number of hydrogen-bond acceptors (Lipinski definition) is 5. The largest absolute Gasteiger partial charge is 0.347 e. The molecule has 3 rings (SSSR count). The molecule has 0 unspecified atom stereocenters. The van der Waals surface area contributed by atoms with Crippen LogP contribution in [0.5, 0.6) is 0 Å². The van der Waals surface area contributed by atoms with Gasteiger partial charge in [0.1, 0.15) is 0 Å². The van der Waals surface area contributed by atoms with Crippen molar-refractivity contribution in [1.82, 2.24) is 4.90 Å². The van der Waals surface area contributed by atoms with Crippen LogP contribution in [0.1, 0.15) is 18.4 Å². The van der Waals surface area contributed by atoms with Crippen molar-refractivity contribution in [2.75, 3.05) is 26.3 Å². The molecule has 0 N–H and O–H groups in total. The molecule has 7 heteroatoms. The molecule has 0 atom stereocenters. The standard InChI is InChI=1S/C14H17BrN2O4/c15-13-11(2-1-3-12(13)17(18)19)10-16-6-4-14(5-7-16)20-8-9-21-14/h1-3H,4-10H2. The van der Waals surface area contributed by atoms with E-state index in [-0.39, 0.29) is 16.4 Å². The summed E-state index contributed by atoms with van der Waals surface area (Å²) in [6, 6.07) is 5.16. The lowest BCUT2D eigenvalue weighted by molar-refractivity contribution is -0.385. The molecular weight excluding hydrogens is 340 g/mol. The first-order chi connectivity index (χ1) is 10.1. The Morgan fingerprint density at radius 1 is 1.29 bits per heavy atom. The maximum absolute atomic E-state index is 11.0. The van der Waals surface area contributed by atoms with Gasteiger partial charge in [-0.05, 0) is 21.5 Å². The molecule has 0 radical (unpaired) electrons. The van der Waals surface area contributed by atoms with Crippen molar-refractivity contribution in [2.24, 2.45) is 0 Å². The molecule has 2 aliphatic rings. The van der Waals surface area contributed by atoms with Crippen LogP contribution in [0.4, 0.5) is 5.69 Å². The number of piperidine rings is 1. The third-order valence-electron chi connectivity index (χ3n) is 4.08. The SMILES string of the molecule is O=[N+]([O-])c1cccc(CN2CCC3(CC2)OCCO3)c1Br. The third kappa shape index (κ3) is 3.11. The van der Waals surface area contributed by atoms with E-state index in [2.05, 4.69) is 20.8 Å². The first-order valence-corrected chi connectivity index (χ1v) is 7.81. The second kappa shape index (κ2) is 6.00. The lowest BCUT2D eigenvalue weighted by Gasteiger charge is -2.37. The topological polar surface area (TPSA) is 64.8 Å². The molecule has 2 heterocycles. The summed E-state index contributed by atoms with van der Waals surface area (Å²) < 4.78 is 12.0. The summed E-state index contributed by atoms with van der Waals surface area (Å²) in [7, 11) is 0. The van der Waals surface area contributed by atoms with Crippen LogP contribution < -0.4 is 0 Å². The number of benzene rings is 1. The van der Waals surface area contributed by atoms with Gasteiger partial charge in [0.25, 0.3) is 5.69 Å². The van der Waals surface area contributed by atoms with Gasteiger partial charge in [0.05, 0.1) is 22.6 Å². The number of rotatable bonds is 3. The molecule has 6 nitrogen and oxygen atoms in total. The van der Waals surface area contributed by atoms with Crippen LogP contribution in [0.2, 0.25) is 0 Å². The highest BCUT2D eigenvalue weighted by molar-refractivity contribution is 9.10. The van der Waals surface area contributed by atoms with Crippen LogP contribution in [-0.2, 0) is 16.0 Å². The maximum Gasteiger partial charge on any atom is 0.283 e. The highest BCUT2D eigenvalue weighted by Crippen LogP contribution is 2.33. The van der Waals surface area contributed by atoms with Crippen molar-refractivity contribution in [3.63, 3.8) is 0 Å². The number of likely N-dealkylation sites (tertiary alicyclic amines) is 1. The van der Waals surface area contributed by atoms with Gasteiger partial charge in [0, 0.05) is 38.5 Å². The number of halogens is 1. The first kappa shape index (κ1) is 14.9. The Bertz CT molecular complexity index is 536. The fourth-order valence-electron chi connectivity index (χ4n) is 2.91. The van der Waals surface area contributed by atoms with Gasteiger partial charge in [-0.25, -0.2) is 0 Å². The molecule has 114 valence electrons. The van der Waals surface area contributed by atoms with E-state index in [1.165, 1.54) is 6.07 Å². The molecule has 0 aromatic heterocycles. The number of nitro groups is 1. The molecule has 1 aromatic carbocycles. The van der Waals surface area contributed by atoms with Gasteiger partial charge in [0.2, 0.25) is 0 Å². The van der Waals surface area contributed by atoms with Crippen molar-refractivity contribution in [1.29, 1.82) is 0 Å². The van der Waals surface area contributed by atoms with Crippen molar-refractivity contribution in [2.45, 2.75) is 25.2 Å². The van der Waals surface area contributed by atoms with E-state index in [1.807, 2.05) is 6.07 Å². The number of ether oxygens (including phenoxy) is 2. The molecule has 2 saturated heterocycles. The smallest absolute Gasteiger partial charge is 0.283 e. The average Bonchev–Trinajstić information content (AvgIpc) is 2.92. The minimum Gasteiger partial charge on any atom is -0.347 e. The average molecular weight is 357 g/mol. The van der Waals surface area contributed by atoms with Gasteiger partial charge in [0.15, 0.2) is 5.79 Å². The Morgan fingerprint density at radius 2 is 1.95 bits per heavy atom. The highest BCUT2D eigenvalue weighted by atomic mass is 79.9. The Kier molecular flexibility index (Phi) is 4.26. The summed E-state index contributed by atoms with van der Waals surface area (Å²) in [5, 5.41) is 11.0. The van der Waals surface area contributed by atoms with E-state index in [0.29, 0.717) is 24.2 Å². The van der Waals surface area contributed by atoms with E-state index >= 15 is 0 Å². The van der Waals surface area contributed by atoms with Crippen molar-refractivity contribution in [3.8, 4) is 0 Å². The van der Waals surface area contributed by atoms with Gasteiger partial charge >= 0.3 is 0 Å². The normalized spacial score (nSPS) is 21.8. The van der Waals surface area contributed by atoms with Gasteiger partial charge in [-0.3, -0.25) is 15.0 Å². The lowest BCUT2D eigenvalue weighted by Crippen LogP contribution is -2.44. The second-order valence-electron chi connectivity index (χ2n) is 5.39. The van der Waals surface area contributed by atoms with E-state index in [4.69, 9.17) is 9.47 Å². The van der Waals surface area contributed by atoms with Crippen LogP contribution in [-0.4, -0.2) is 41.9 Å². The first-order valence-electron chi connectivity index (χ1n) is 7.02. The Balaban J connectivity index is 1.65. The number of hydrogen-bond donors (Lipinski definition) is 0. The number of nitrogens with zero attached hydrogens (tertiary/aromatic N) is 2. The van der Waals surface area contributed by atoms with E-state index < -0.39 is 0 Å². The van der Waals surface area contributed by atoms with Crippen LogP contribution >= 0.6 is 15.9 Å².